The Morgan fingerprint density at radius 3 is 2.31 bits per heavy atom. The van der Waals surface area contributed by atoms with E-state index in [1.807, 2.05) is 54.6 Å². The van der Waals surface area contributed by atoms with E-state index >= 15 is 0 Å². The number of aromatic hydroxyl groups is 1. The SMILES string of the molecule is CN1CCN(CC(=O)N(C)c2ccc(N=C(c3ccccc3)c3c(O)n(C(=O)N4C[C@@H]5C[C@H]4CN5)c4cc(C(=O)O)ccc34)cc2)CC1.Cl. The van der Waals surface area contributed by atoms with E-state index in [4.69, 9.17) is 4.99 Å². The number of hydrogen-bond acceptors (Lipinski definition) is 8. The standard InChI is InChI=1S/C36H39N7O5.ClH/c1-39-14-16-41(17-15-39)22-31(44)40(2)27-11-9-25(10-12-27)38-33(23-6-4-3-5-7-23)32-29-13-8-24(35(46)47)18-30(29)43(34(32)45)36(48)42-21-26-19-28(42)20-37-26;/h3-13,18,26,28,37,45H,14-17,19-22H2,1-2H3,(H,46,47);1H/t26-,28-;/m0./s1. The molecule has 3 aliphatic heterocycles. The fraction of sp³-hybridized carbons (Fsp3) is 0.333. The number of carbonyl (C=O) groups is 3. The minimum atomic E-state index is -1.13. The third kappa shape index (κ3) is 6.64. The van der Waals surface area contributed by atoms with Crippen LogP contribution >= 0.6 is 12.4 Å². The predicted molar refractivity (Wildman–Crippen MR) is 191 cm³/mol. The number of amides is 2. The van der Waals surface area contributed by atoms with Gasteiger partial charge in [0.15, 0.2) is 0 Å². The number of carboxylic acid groups (broad SMARTS) is 1. The van der Waals surface area contributed by atoms with Crippen LogP contribution in [0.25, 0.3) is 10.9 Å². The molecule has 2 bridgehead atoms. The number of likely N-dealkylation sites (tertiary alicyclic amines) is 1. The van der Waals surface area contributed by atoms with Gasteiger partial charge in [0.2, 0.25) is 11.8 Å². The van der Waals surface area contributed by atoms with E-state index in [0.29, 0.717) is 53.1 Å². The maximum Gasteiger partial charge on any atom is 0.335 e. The minimum Gasteiger partial charge on any atom is -0.494 e. The second kappa shape index (κ2) is 14.0. The molecule has 0 radical (unpaired) electrons. The number of anilines is 1. The molecule has 0 saturated carbocycles. The van der Waals surface area contributed by atoms with E-state index in [2.05, 4.69) is 22.2 Å². The van der Waals surface area contributed by atoms with Crippen LogP contribution in [0.2, 0.25) is 0 Å². The molecule has 3 N–H and O–H groups in total. The van der Waals surface area contributed by atoms with Gasteiger partial charge in [-0.1, -0.05) is 36.4 Å². The van der Waals surface area contributed by atoms with E-state index in [1.165, 1.54) is 16.7 Å². The third-order valence-corrected chi connectivity index (χ3v) is 9.77. The van der Waals surface area contributed by atoms with Gasteiger partial charge in [0.25, 0.3) is 0 Å². The monoisotopic (exact) mass is 685 g/mol. The van der Waals surface area contributed by atoms with Gasteiger partial charge in [-0.25, -0.2) is 19.1 Å². The Hall–Kier alpha value is -4.75. The van der Waals surface area contributed by atoms with Crippen LogP contribution in [0.1, 0.15) is 27.9 Å². The first-order valence-electron chi connectivity index (χ1n) is 16.2. The van der Waals surface area contributed by atoms with Crippen LogP contribution in [-0.4, -0.2) is 125 Å². The van der Waals surface area contributed by atoms with Gasteiger partial charge < -0.3 is 30.2 Å². The van der Waals surface area contributed by atoms with Crippen LogP contribution < -0.4 is 10.2 Å². The zero-order chi connectivity index (χ0) is 33.5. The highest BCUT2D eigenvalue weighted by Gasteiger charge is 2.42. The molecule has 3 saturated heterocycles. The number of aromatic carboxylic acids is 1. The number of rotatable bonds is 7. The molecule has 256 valence electrons. The van der Waals surface area contributed by atoms with E-state index < -0.39 is 12.0 Å². The molecule has 12 nitrogen and oxygen atoms in total. The number of carboxylic acids is 1. The highest BCUT2D eigenvalue weighted by Crippen LogP contribution is 2.37. The van der Waals surface area contributed by atoms with Crippen molar-refractivity contribution in [1.82, 2.24) is 24.6 Å². The largest absolute Gasteiger partial charge is 0.494 e. The lowest BCUT2D eigenvalue weighted by molar-refractivity contribution is -0.119. The lowest BCUT2D eigenvalue weighted by atomic mass is 10.00. The van der Waals surface area contributed by atoms with Crippen molar-refractivity contribution in [3.8, 4) is 5.88 Å². The second-order valence-electron chi connectivity index (χ2n) is 12.9. The summed E-state index contributed by atoms with van der Waals surface area (Å²) >= 11 is 0. The van der Waals surface area contributed by atoms with Gasteiger partial charge >= 0.3 is 12.0 Å². The Morgan fingerprint density at radius 1 is 0.959 bits per heavy atom. The molecule has 3 aliphatic rings. The summed E-state index contributed by atoms with van der Waals surface area (Å²) in [7, 11) is 3.85. The normalized spacial score (nSPS) is 19.6. The number of hydrogen-bond donors (Lipinski definition) is 3. The lowest BCUT2D eigenvalue weighted by Crippen LogP contribution is -2.48. The number of piperazine rings is 2. The molecular weight excluding hydrogens is 646 g/mol. The van der Waals surface area contributed by atoms with Crippen molar-refractivity contribution < 1.29 is 24.6 Å². The first-order chi connectivity index (χ1) is 23.2. The van der Waals surface area contributed by atoms with Crippen molar-refractivity contribution in [1.29, 1.82) is 0 Å². The molecule has 4 aromatic rings. The number of aromatic nitrogens is 1. The molecule has 2 amide bonds. The lowest BCUT2D eigenvalue weighted by Gasteiger charge is -2.32. The summed E-state index contributed by atoms with van der Waals surface area (Å²) < 4.78 is 1.22. The molecule has 4 heterocycles. The van der Waals surface area contributed by atoms with Crippen LogP contribution in [0.5, 0.6) is 5.88 Å². The van der Waals surface area contributed by atoms with E-state index in [-0.39, 0.29) is 41.8 Å². The second-order valence-corrected chi connectivity index (χ2v) is 12.9. The molecule has 3 fully saturated rings. The molecule has 0 unspecified atom stereocenters. The number of aliphatic imine (C=N–C) groups is 1. The zero-order valence-electron chi connectivity index (χ0n) is 27.5. The van der Waals surface area contributed by atoms with Gasteiger partial charge in [-0.2, -0.15) is 0 Å². The summed E-state index contributed by atoms with van der Waals surface area (Å²) in [6.07, 6.45) is 0.836. The van der Waals surface area contributed by atoms with Gasteiger partial charge in [0.1, 0.15) is 0 Å². The highest BCUT2D eigenvalue weighted by atomic mass is 35.5. The quantitative estimate of drug-likeness (QED) is 0.250. The molecule has 1 aromatic heterocycles. The maximum absolute atomic E-state index is 14.1. The molecule has 0 aliphatic carbocycles. The zero-order valence-corrected chi connectivity index (χ0v) is 28.3. The number of nitrogens with zero attached hydrogens (tertiary/aromatic N) is 6. The van der Waals surface area contributed by atoms with Crippen molar-refractivity contribution in [2.45, 2.75) is 18.5 Å². The van der Waals surface area contributed by atoms with Crippen molar-refractivity contribution in [3.05, 3.63) is 89.5 Å². The molecule has 49 heavy (non-hydrogen) atoms. The Labute approximate surface area is 290 Å². The van der Waals surface area contributed by atoms with Gasteiger partial charge in [0.05, 0.1) is 34.6 Å². The number of likely N-dealkylation sites (N-methyl/N-ethyl adjacent to an activating group) is 2. The minimum absolute atomic E-state index is 0. The van der Waals surface area contributed by atoms with Crippen molar-refractivity contribution in [3.63, 3.8) is 0 Å². The van der Waals surface area contributed by atoms with Gasteiger partial charge in [-0.05, 0) is 49.9 Å². The average Bonchev–Trinajstić information content (AvgIpc) is 3.81. The Morgan fingerprint density at radius 2 is 1.67 bits per heavy atom. The topological polar surface area (TPSA) is 134 Å². The molecule has 0 spiro atoms. The van der Waals surface area contributed by atoms with Crippen LogP contribution in [0, 0.1) is 0 Å². The van der Waals surface area contributed by atoms with Crippen molar-refractivity contribution in [2.24, 2.45) is 4.99 Å². The van der Waals surface area contributed by atoms with E-state index in [9.17, 15) is 24.6 Å². The predicted octanol–water partition coefficient (Wildman–Crippen LogP) is 3.86. The van der Waals surface area contributed by atoms with Gasteiger partial charge in [-0.3, -0.25) is 9.69 Å². The summed E-state index contributed by atoms with van der Waals surface area (Å²) in [5.41, 5.74) is 3.06. The summed E-state index contributed by atoms with van der Waals surface area (Å²) in [5.74, 6) is -1.43. The smallest absolute Gasteiger partial charge is 0.335 e. The third-order valence-electron chi connectivity index (χ3n) is 9.77. The van der Waals surface area contributed by atoms with Gasteiger partial charge in [0, 0.05) is 75.0 Å². The van der Waals surface area contributed by atoms with E-state index in [0.717, 1.165) is 38.3 Å². The highest BCUT2D eigenvalue weighted by molar-refractivity contribution is 6.23. The Balaban J connectivity index is 0.00000417. The first-order valence-corrected chi connectivity index (χ1v) is 16.2. The summed E-state index contributed by atoms with van der Waals surface area (Å²) in [6, 6.07) is 21.0. The van der Waals surface area contributed by atoms with Crippen molar-refractivity contribution >= 4 is 58.3 Å². The molecule has 3 aromatic carbocycles. The maximum atomic E-state index is 14.1. The Bertz CT molecular complexity index is 1900. The summed E-state index contributed by atoms with van der Waals surface area (Å²) in [6.45, 7) is 5.12. The number of carbonyl (C=O) groups excluding carboxylic acids is 2. The number of halogens is 1. The Kier molecular flexibility index (Phi) is 9.75. The van der Waals surface area contributed by atoms with Crippen LogP contribution in [-0.2, 0) is 4.79 Å². The molecular formula is C36H40ClN7O5. The fourth-order valence-electron chi connectivity index (χ4n) is 6.95. The number of benzene rings is 3. The molecule has 13 heteroatoms. The van der Waals surface area contributed by atoms with Crippen LogP contribution in [0.3, 0.4) is 0 Å². The number of fused-ring (bicyclic) bond motifs is 3. The summed E-state index contributed by atoms with van der Waals surface area (Å²) in [5, 5.41) is 25.6. The average molecular weight is 686 g/mol. The van der Waals surface area contributed by atoms with E-state index in [1.54, 1.807) is 22.9 Å². The molecule has 7 rings (SSSR count). The summed E-state index contributed by atoms with van der Waals surface area (Å²) in [4.78, 5) is 51.9. The fourth-order valence-corrected chi connectivity index (χ4v) is 6.95. The molecule has 2 atom stereocenters. The first kappa shape index (κ1) is 34.1. The number of nitrogens with one attached hydrogen (secondary N) is 1. The van der Waals surface area contributed by atoms with Crippen molar-refractivity contribution in [2.75, 3.05) is 64.8 Å². The van der Waals surface area contributed by atoms with Gasteiger partial charge in [-0.15, -0.1) is 12.4 Å². The van der Waals surface area contributed by atoms with Crippen LogP contribution in [0.15, 0.2) is 77.8 Å². The van der Waals surface area contributed by atoms with Crippen LogP contribution in [0.4, 0.5) is 16.2 Å².